The van der Waals surface area contributed by atoms with Crippen LogP contribution < -0.4 is 5.73 Å². The van der Waals surface area contributed by atoms with E-state index in [1.807, 2.05) is 19.1 Å². The minimum atomic E-state index is 0.144. The number of aryl methyl sites for hydroxylation is 1. The highest BCUT2D eigenvalue weighted by molar-refractivity contribution is 5.36. The summed E-state index contributed by atoms with van der Waals surface area (Å²) in [5.41, 5.74) is 7.90. The van der Waals surface area contributed by atoms with Gasteiger partial charge < -0.3 is 15.6 Å². The maximum atomic E-state index is 9.86. The van der Waals surface area contributed by atoms with Crippen molar-refractivity contribution in [2.45, 2.75) is 52.0 Å². The summed E-state index contributed by atoms with van der Waals surface area (Å²) in [4.78, 5) is 0. The van der Waals surface area contributed by atoms with Crippen LogP contribution >= 0.6 is 0 Å². The average molecular weight is 267 g/mol. The van der Waals surface area contributed by atoms with E-state index in [0.29, 0.717) is 5.75 Å². The minimum absolute atomic E-state index is 0.144. The van der Waals surface area contributed by atoms with Gasteiger partial charge >= 0.3 is 0 Å². The lowest BCUT2D eigenvalue weighted by Crippen LogP contribution is -2.17. The summed E-state index contributed by atoms with van der Waals surface area (Å²) in [5, 5.41) is 9.86. The Hall–Kier alpha value is -1.06. The predicted molar refractivity (Wildman–Crippen MR) is 81.6 cm³/mol. The number of phenols is 1. The Morgan fingerprint density at radius 1 is 1.26 bits per heavy atom. The molecular weight excluding hydrogens is 238 g/mol. The molecule has 0 heterocycles. The second kappa shape index (κ2) is 10.8. The quantitative estimate of drug-likeness (QED) is 0.778. The number of aromatic hydroxyl groups is 1. The first kappa shape index (κ1) is 17.9. The van der Waals surface area contributed by atoms with Crippen molar-refractivity contribution in [2.75, 3.05) is 14.2 Å². The van der Waals surface area contributed by atoms with Gasteiger partial charge in [0.1, 0.15) is 5.75 Å². The molecule has 1 aromatic carbocycles. The molecule has 0 spiro atoms. The molecular formula is C16H29NO2. The van der Waals surface area contributed by atoms with Crippen LogP contribution in [0.2, 0.25) is 0 Å². The summed E-state index contributed by atoms with van der Waals surface area (Å²) in [6, 6.07) is 6.10. The van der Waals surface area contributed by atoms with Gasteiger partial charge in [-0.15, -0.1) is 0 Å². The van der Waals surface area contributed by atoms with Gasteiger partial charge in [0.15, 0.2) is 0 Å². The van der Waals surface area contributed by atoms with Gasteiger partial charge in [0.2, 0.25) is 0 Å². The maximum Gasteiger partial charge on any atom is 0.119 e. The molecule has 0 aliphatic heterocycles. The summed E-state index contributed by atoms with van der Waals surface area (Å²) in [6.45, 7) is 4.16. The zero-order valence-corrected chi connectivity index (χ0v) is 12.8. The Bertz CT molecular complexity index is 338. The van der Waals surface area contributed by atoms with Crippen molar-refractivity contribution >= 4 is 0 Å². The van der Waals surface area contributed by atoms with E-state index >= 15 is 0 Å². The molecule has 1 aromatic rings. The maximum absolute atomic E-state index is 9.86. The first-order valence-corrected chi connectivity index (χ1v) is 7.01. The molecule has 3 N–H and O–H groups in total. The Morgan fingerprint density at radius 3 is 2.37 bits per heavy atom. The lowest BCUT2D eigenvalue weighted by molar-refractivity contribution is 0.277. The number of ether oxygens (including phenoxy) is 1. The fraction of sp³-hybridized carbons (Fsp3) is 0.625. The third-order valence-corrected chi connectivity index (χ3v) is 2.76. The largest absolute Gasteiger partial charge is 0.508 e. The van der Waals surface area contributed by atoms with Crippen molar-refractivity contribution < 1.29 is 9.84 Å². The minimum Gasteiger partial charge on any atom is -0.508 e. The van der Waals surface area contributed by atoms with E-state index in [1.165, 1.54) is 12.8 Å². The molecule has 1 rings (SSSR count). The number of hydrogen-bond acceptors (Lipinski definition) is 3. The van der Waals surface area contributed by atoms with Crippen LogP contribution in [0.5, 0.6) is 5.75 Å². The second-order valence-electron chi connectivity index (χ2n) is 5.01. The van der Waals surface area contributed by atoms with Gasteiger partial charge in [-0.2, -0.15) is 0 Å². The summed E-state index contributed by atoms with van der Waals surface area (Å²) < 4.78 is 4.25. The van der Waals surface area contributed by atoms with Crippen molar-refractivity contribution in [1.82, 2.24) is 0 Å². The standard InChI is InChI=1S/C14H23NO.C2H6O/c1-3-4-5-6-13-8-7-12(9-11(2)15)10-14(13)16;1-3-2/h7-8,10-11,16H,3-6,9,15H2,1-2H3;1-2H3. The van der Waals surface area contributed by atoms with Gasteiger partial charge in [-0.1, -0.05) is 31.9 Å². The zero-order chi connectivity index (χ0) is 14.7. The summed E-state index contributed by atoms with van der Waals surface area (Å²) >= 11 is 0. The first-order valence-electron chi connectivity index (χ1n) is 7.01. The lowest BCUT2D eigenvalue weighted by Gasteiger charge is -2.09. The number of nitrogens with two attached hydrogens (primary N) is 1. The van der Waals surface area contributed by atoms with Crippen LogP contribution in [0.4, 0.5) is 0 Å². The SMILES string of the molecule is CCCCCc1ccc(CC(C)N)cc1O.COC. The molecule has 0 saturated heterocycles. The Balaban J connectivity index is 0.000000982. The smallest absolute Gasteiger partial charge is 0.119 e. The van der Waals surface area contributed by atoms with Crippen LogP contribution in [0.15, 0.2) is 18.2 Å². The molecule has 0 aliphatic rings. The van der Waals surface area contributed by atoms with Crippen LogP contribution in [0.3, 0.4) is 0 Å². The van der Waals surface area contributed by atoms with Crippen LogP contribution in [-0.4, -0.2) is 25.4 Å². The molecule has 3 nitrogen and oxygen atoms in total. The van der Waals surface area contributed by atoms with E-state index in [0.717, 1.165) is 30.4 Å². The number of rotatable bonds is 6. The molecule has 110 valence electrons. The third kappa shape index (κ3) is 8.62. The van der Waals surface area contributed by atoms with E-state index in [9.17, 15) is 5.11 Å². The van der Waals surface area contributed by atoms with Gasteiger partial charge in [-0.25, -0.2) is 0 Å². The highest BCUT2D eigenvalue weighted by Crippen LogP contribution is 2.21. The molecule has 3 heteroatoms. The van der Waals surface area contributed by atoms with Gasteiger partial charge in [0.05, 0.1) is 0 Å². The van der Waals surface area contributed by atoms with Gasteiger partial charge in [0, 0.05) is 20.3 Å². The van der Waals surface area contributed by atoms with E-state index < -0.39 is 0 Å². The van der Waals surface area contributed by atoms with Crippen molar-refractivity contribution in [3.8, 4) is 5.75 Å². The lowest BCUT2D eigenvalue weighted by atomic mass is 10.0. The fourth-order valence-corrected chi connectivity index (χ4v) is 1.89. The summed E-state index contributed by atoms with van der Waals surface area (Å²) in [7, 11) is 3.25. The zero-order valence-electron chi connectivity index (χ0n) is 12.8. The molecule has 1 atom stereocenters. The number of benzene rings is 1. The van der Waals surface area contributed by atoms with Crippen LogP contribution in [0.25, 0.3) is 0 Å². The van der Waals surface area contributed by atoms with Crippen LogP contribution in [-0.2, 0) is 17.6 Å². The molecule has 0 aromatic heterocycles. The molecule has 1 unspecified atom stereocenters. The number of phenolic OH excluding ortho intramolecular Hbond substituents is 1. The van der Waals surface area contributed by atoms with Crippen LogP contribution in [0, 0.1) is 0 Å². The van der Waals surface area contributed by atoms with E-state index in [4.69, 9.17) is 5.73 Å². The van der Waals surface area contributed by atoms with Gasteiger partial charge in [-0.05, 0) is 43.4 Å². The van der Waals surface area contributed by atoms with E-state index in [-0.39, 0.29) is 6.04 Å². The van der Waals surface area contributed by atoms with Crippen molar-refractivity contribution in [1.29, 1.82) is 0 Å². The molecule has 19 heavy (non-hydrogen) atoms. The Kier molecular flexibility index (Phi) is 10.2. The highest BCUT2D eigenvalue weighted by atomic mass is 16.4. The number of hydrogen-bond donors (Lipinski definition) is 2. The summed E-state index contributed by atoms with van der Waals surface area (Å²) in [6.07, 6.45) is 5.38. The third-order valence-electron chi connectivity index (χ3n) is 2.76. The second-order valence-corrected chi connectivity index (χ2v) is 5.01. The molecule has 0 radical (unpaired) electrons. The molecule has 0 fully saturated rings. The van der Waals surface area contributed by atoms with Crippen molar-refractivity contribution in [2.24, 2.45) is 5.73 Å². The Labute approximate surface area is 117 Å². The van der Waals surface area contributed by atoms with Gasteiger partial charge in [-0.3, -0.25) is 0 Å². The van der Waals surface area contributed by atoms with Gasteiger partial charge in [0.25, 0.3) is 0 Å². The van der Waals surface area contributed by atoms with E-state index in [1.54, 1.807) is 14.2 Å². The van der Waals surface area contributed by atoms with Crippen molar-refractivity contribution in [3.05, 3.63) is 29.3 Å². The normalized spacial score (nSPS) is 11.6. The first-order chi connectivity index (χ1) is 9.04. The topological polar surface area (TPSA) is 55.5 Å². The van der Waals surface area contributed by atoms with E-state index in [2.05, 4.69) is 17.7 Å². The number of methoxy groups -OCH3 is 1. The highest BCUT2D eigenvalue weighted by Gasteiger charge is 2.04. The fourth-order valence-electron chi connectivity index (χ4n) is 1.89. The average Bonchev–Trinajstić information content (AvgIpc) is 2.32. The molecule has 0 aliphatic carbocycles. The summed E-state index contributed by atoms with van der Waals surface area (Å²) in [5.74, 6) is 0.425. The van der Waals surface area contributed by atoms with Crippen molar-refractivity contribution in [3.63, 3.8) is 0 Å². The number of unbranched alkanes of at least 4 members (excludes halogenated alkanes) is 2. The molecule has 0 saturated carbocycles. The Morgan fingerprint density at radius 2 is 1.89 bits per heavy atom. The predicted octanol–water partition coefficient (Wildman–Crippen LogP) is 3.28. The monoisotopic (exact) mass is 267 g/mol. The van der Waals surface area contributed by atoms with Crippen LogP contribution in [0.1, 0.15) is 44.2 Å². The molecule has 0 bridgehead atoms. The molecule has 0 amide bonds.